The van der Waals surface area contributed by atoms with Crippen molar-refractivity contribution in [3.05, 3.63) is 64.7 Å². The molecule has 0 aliphatic heterocycles. The Morgan fingerprint density at radius 1 is 1.22 bits per heavy atom. The molecule has 2 aromatic carbocycles. The Morgan fingerprint density at radius 2 is 1.83 bits per heavy atom. The summed E-state index contributed by atoms with van der Waals surface area (Å²) in [6.07, 6.45) is 0. The van der Waals surface area contributed by atoms with E-state index in [2.05, 4.69) is 11.4 Å². The predicted molar refractivity (Wildman–Crippen MR) is 92.4 cm³/mol. The lowest BCUT2D eigenvalue weighted by atomic mass is 10.1. The van der Waals surface area contributed by atoms with Crippen molar-refractivity contribution in [2.24, 2.45) is 0 Å². The van der Waals surface area contributed by atoms with Gasteiger partial charge in [0.1, 0.15) is 0 Å². The molecule has 0 aliphatic rings. The Morgan fingerprint density at radius 3 is 2.35 bits per heavy atom. The molecular weight excluding hydrogens is 310 g/mol. The van der Waals surface area contributed by atoms with Gasteiger partial charge in [-0.25, -0.2) is 4.79 Å². The van der Waals surface area contributed by atoms with Gasteiger partial charge in [-0.05, 0) is 55.8 Å². The molecular formula is C18H18ClN3O. The van der Waals surface area contributed by atoms with E-state index < -0.39 is 0 Å². The van der Waals surface area contributed by atoms with Crippen LogP contribution in [0.1, 0.15) is 31.0 Å². The first-order valence-electron chi connectivity index (χ1n) is 7.38. The van der Waals surface area contributed by atoms with E-state index in [4.69, 9.17) is 16.9 Å². The number of hydrogen-bond acceptors (Lipinski definition) is 2. The standard InChI is InChI=1S/C18H18ClN3O/c1-3-22(13(2)15-6-4-14(12-20)5-7-15)18(23)21-17-10-8-16(19)9-11-17/h4-11,13H,3H2,1-2H3,(H,21,23)/t13-/m0/s1. The second-order valence-electron chi connectivity index (χ2n) is 5.13. The number of nitrogens with one attached hydrogen (secondary N) is 1. The zero-order valence-corrected chi connectivity index (χ0v) is 13.8. The van der Waals surface area contributed by atoms with Crippen LogP contribution in [0.3, 0.4) is 0 Å². The Bertz CT molecular complexity index is 705. The van der Waals surface area contributed by atoms with Gasteiger partial charge in [-0.3, -0.25) is 0 Å². The molecule has 23 heavy (non-hydrogen) atoms. The highest BCUT2D eigenvalue weighted by atomic mass is 35.5. The van der Waals surface area contributed by atoms with Gasteiger partial charge in [0.15, 0.2) is 0 Å². The topological polar surface area (TPSA) is 56.1 Å². The first-order valence-corrected chi connectivity index (χ1v) is 7.76. The van der Waals surface area contributed by atoms with Crippen LogP contribution in [0, 0.1) is 11.3 Å². The minimum absolute atomic E-state index is 0.0972. The van der Waals surface area contributed by atoms with Gasteiger partial charge in [-0.15, -0.1) is 0 Å². The molecule has 0 aliphatic carbocycles. The molecule has 1 N–H and O–H groups in total. The Hall–Kier alpha value is -2.51. The molecule has 0 radical (unpaired) electrons. The summed E-state index contributed by atoms with van der Waals surface area (Å²) in [5.74, 6) is 0. The lowest BCUT2D eigenvalue weighted by Gasteiger charge is -2.28. The number of hydrogen-bond donors (Lipinski definition) is 1. The molecule has 0 spiro atoms. The van der Waals surface area contributed by atoms with E-state index in [1.54, 1.807) is 41.3 Å². The normalized spacial score (nSPS) is 11.4. The van der Waals surface area contributed by atoms with Crippen LogP contribution in [0.5, 0.6) is 0 Å². The molecule has 0 unspecified atom stereocenters. The number of benzene rings is 2. The quantitative estimate of drug-likeness (QED) is 0.874. The fraction of sp³-hybridized carbons (Fsp3) is 0.222. The van der Waals surface area contributed by atoms with Gasteiger partial charge in [-0.2, -0.15) is 5.26 Å². The second kappa shape index (κ2) is 7.66. The van der Waals surface area contributed by atoms with Crippen molar-refractivity contribution in [3.8, 4) is 6.07 Å². The van der Waals surface area contributed by atoms with E-state index in [1.165, 1.54) is 0 Å². The molecule has 2 aromatic rings. The van der Waals surface area contributed by atoms with Crippen molar-refractivity contribution in [2.45, 2.75) is 19.9 Å². The van der Waals surface area contributed by atoms with E-state index in [0.717, 1.165) is 5.56 Å². The number of nitrogens with zero attached hydrogens (tertiary/aromatic N) is 2. The molecule has 5 heteroatoms. The fourth-order valence-corrected chi connectivity index (χ4v) is 2.46. The Kier molecular flexibility index (Phi) is 5.61. The monoisotopic (exact) mass is 327 g/mol. The lowest BCUT2D eigenvalue weighted by molar-refractivity contribution is 0.197. The number of halogens is 1. The number of rotatable bonds is 4. The molecule has 4 nitrogen and oxygen atoms in total. The summed E-state index contributed by atoms with van der Waals surface area (Å²) >= 11 is 5.85. The Balaban J connectivity index is 2.12. The van der Waals surface area contributed by atoms with Crippen molar-refractivity contribution < 1.29 is 4.79 Å². The van der Waals surface area contributed by atoms with Gasteiger partial charge in [0, 0.05) is 17.3 Å². The summed E-state index contributed by atoms with van der Waals surface area (Å²) in [5, 5.41) is 12.4. The number of carbonyl (C=O) groups excluding carboxylic acids is 1. The zero-order valence-electron chi connectivity index (χ0n) is 13.1. The van der Waals surface area contributed by atoms with E-state index in [1.807, 2.05) is 26.0 Å². The van der Waals surface area contributed by atoms with Crippen LogP contribution in [0.25, 0.3) is 0 Å². The third-order valence-corrected chi connectivity index (χ3v) is 3.94. The van der Waals surface area contributed by atoms with Crippen LogP contribution in [-0.2, 0) is 0 Å². The zero-order chi connectivity index (χ0) is 16.8. The number of urea groups is 1. The summed E-state index contributed by atoms with van der Waals surface area (Å²) in [7, 11) is 0. The van der Waals surface area contributed by atoms with Crippen LogP contribution in [0.15, 0.2) is 48.5 Å². The van der Waals surface area contributed by atoms with Crippen LogP contribution in [0.4, 0.5) is 10.5 Å². The highest BCUT2D eigenvalue weighted by Crippen LogP contribution is 2.22. The Labute approximate surface area is 141 Å². The molecule has 2 rings (SSSR count). The third kappa shape index (κ3) is 4.24. The molecule has 1 atom stereocenters. The third-order valence-electron chi connectivity index (χ3n) is 3.69. The van der Waals surface area contributed by atoms with Crippen molar-refractivity contribution >= 4 is 23.3 Å². The molecule has 0 saturated carbocycles. The molecule has 0 fully saturated rings. The van der Waals surface area contributed by atoms with Crippen molar-refractivity contribution in [1.82, 2.24) is 4.90 Å². The summed E-state index contributed by atoms with van der Waals surface area (Å²) < 4.78 is 0. The molecule has 0 heterocycles. The van der Waals surface area contributed by atoms with Gasteiger partial charge >= 0.3 is 6.03 Å². The number of anilines is 1. The van der Waals surface area contributed by atoms with E-state index in [-0.39, 0.29) is 12.1 Å². The van der Waals surface area contributed by atoms with Crippen LogP contribution >= 0.6 is 11.6 Å². The van der Waals surface area contributed by atoms with Gasteiger partial charge in [-0.1, -0.05) is 23.7 Å². The minimum Gasteiger partial charge on any atom is -0.318 e. The van der Waals surface area contributed by atoms with Crippen LogP contribution < -0.4 is 5.32 Å². The molecule has 0 saturated heterocycles. The van der Waals surface area contributed by atoms with Crippen molar-refractivity contribution in [2.75, 3.05) is 11.9 Å². The summed E-state index contributed by atoms with van der Waals surface area (Å²) in [4.78, 5) is 14.2. The minimum atomic E-state index is -0.174. The van der Waals surface area contributed by atoms with Gasteiger partial charge in [0.25, 0.3) is 0 Å². The van der Waals surface area contributed by atoms with Crippen molar-refractivity contribution in [1.29, 1.82) is 5.26 Å². The molecule has 0 aromatic heterocycles. The second-order valence-corrected chi connectivity index (χ2v) is 5.57. The van der Waals surface area contributed by atoms with Crippen LogP contribution in [0.2, 0.25) is 5.02 Å². The maximum Gasteiger partial charge on any atom is 0.322 e. The van der Waals surface area contributed by atoms with Gasteiger partial charge < -0.3 is 10.2 Å². The summed E-state index contributed by atoms with van der Waals surface area (Å²) in [5.41, 5.74) is 2.29. The molecule has 2 amide bonds. The summed E-state index contributed by atoms with van der Waals surface area (Å²) in [6, 6.07) is 16.1. The smallest absolute Gasteiger partial charge is 0.318 e. The molecule has 0 bridgehead atoms. The largest absolute Gasteiger partial charge is 0.322 e. The SMILES string of the molecule is CCN(C(=O)Nc1ccc(Cl)cc1)[C@@H](C)c1ccc(C#N)cc1. The summed E-state index contributed by atoms with van der Waals surface area (Å²) in [6.45, 7) is 4.47. The average molecular weight is 328 g/mol. The van der Waals surface area contributed by atoms with Crippen molar-refractivity contribution in [3.63, 3.8) is 0 Å². The molecule has 118 valence electrons. The highest BCUT2D eigenvalue weighted by molar-refractivity contribution is 6.30. The first kappa shape index (κ1) is 16.9. The number of amides is 2. The van der Waals surface area contributed by atoms with E-state index in [0.29, 0.717) is 22.8 Å². The van der Waals surface area contributed by atoms with Gasteiger partial charge in [0.05, 0.1) is 17.7 Å². The maximum absolute atomic E-state index is 12.5. The number of carbonyl (C=O) groups is 1. The maximum atomic E-state index is 12.5. The fourth-order valence-electron chi connectivity index (χ4n) is 2.34. The lowest BCUT2D eigenvalue weighted by Crippen LogP contribution is -2.36. The first-order chi connectivity index (χ1) is 11.0. The highest BCUT2D eigenvalue weighted by Gasteiger charge is 2.20. The van der Waals surface area contributed by atoms with Crippen LogP contribution in [-0.4, -0.2) is 17.5 Å². The number of nitriles is 1. The predicted octanol–water partition coefficient (Wildman–Crippen LogP) is 4.83. The van der Waals surface area contributed by atoms with Gasteiger partial charge in [0.2, 0.25) is 0 Å². The average Bonchev–Trinajstić information content (AvgIpc) is 2.57. The van der Waals surface area contributed by atoms with E-state index >= 15 is 0 Å². The van der Waals surface area contributed by atoms with E-state index in [9.17, 15) is 4.79 Å².